The highest BCUT2D eigenvalue weighted by molar-refractivity contribution is 5.28. The second-order valence-corrected chi connectivity index (χ2v) is 10.1. The highest BCUT2D eigenvalue weighted by Crippen LogP contribution is 2.76. The van der Waals surface area contributed by atoms with Crippen LogP contribution in [-0.2, 0) is 0 Å². The number of aliphatic hydroxyl groups is 2. The third-order valence-corrected chi connectivity index (χ3v) is 8.89. The summed E-state index contributed by atoms with van der Waals surface area (Å²) in [4.78, 5) is 0.185. The van der Waals surface area contributed by atoms with E-state index in [0.717, 1.165) is 7.05 Å². The van der Waals surface area contributed by atoms with E-state index in [2.05, 4.69) is 0 Å². The van der Waals surface area contributed by atoms with Crippen molar-refractivity contribution in [3.05, 3.63) is 0 Å². The Kier molecular flexibility index (Phi) is 5.27. The fourth-order valence-corrected chi connectivity index (χ4v) is 7.22. The normalized spacial score (nSPS) is 54.7. The first-order chi connectivity index (χ1) is 14.2. The van der Waals surface area contributed by atoms with E-state index in [4.69, 9.17) is 11.5 Å². The Balaban J connectivity index is 1.95. The predicted molar refractivity (Wildman–Crippen MR) is 99.6 cm³/mol. The van der Waals surface area contributed by atoms with E-state index in [1.807, 2.05) is 0 Å². The molecule has 2 saturated heterocycles. The summed E-state index contributed by atoms with van der Waals surface area (Å²) in [6.07, 6.45) is -4.87. The van der Waals surface area contributed by atoms with Gasteiger partial charge in [0.15, 0.2) is 5.79 Å². The van der Waals surface area contributed by atoms with E-state index in [-0.39, 0.29) is 43.4 Å². The molecule has 180 valence electrons. The Bertz CT molecular complexity index is 703. The maximum absolute atomic E-state index is 16.8. The lowest BCUT2D eigenvalue weighted by molar-refractivity contribution is -0.432. The number of aliphatic hydroxyl groups excluding tert-OH is 2. The van der Waals surface area contributed by atoms with E-state index < -0.39 is 77.8 Å². The zero-order valence-corrected chi connectivity index (χ0v) is 17.4. The Morgan fingerprint density at radius 1 is 0.710 bits per heavy atom. The van der Waals surface area contributed by atoms with E-state index in [1.165, 1.54) is 0 Å². The number of hydrogen-bond acceptors (Lipinski definition) is 5. The molecule has 0 aromatic heterocycles. The molecule has 6 unspecified atom stereocenters. The van der Waals surface area contributed by atoms with Gasteiger partial charge in [-0.1, -0.05) is 0 Å². The van der Waals surface area contributed by atoms with Crippen LogP contribution in [0.15, 0.2) is 0 Å². The molecular formula is C20H31F6N3O2. The first-order valence-electron chi connectivity index (χ1n) is 10.9. The number of alkyl halides is 6. The molecule has 2 aliphatic heterocycles. The maximum atomic E-state index is 16.8. The van der Waals surface area contributed by atoms with Crippen LogP contribution in [0.25, 0.3) is 0 Å². The molecular weight excluding hydrogens is 428 g/mol. The van der Waals surface area contributed by atoms with Crippen molar-refractivity contribution in [2.45, 2.75) is 99.1 Å². The van der Waals surface area contributed by atoms with Crippen LogP contribution in [0.4, 0.5) is 26.3 Å². The van der Waals surface area contributed by atoms with Crippen LogP contribution in [0.5, 0.6) is 0 Å². The summed E-state index contributed by atoms with van der Waals surface area (Å²) in [5.74, 6) is -19.7. The maximum Gasteiger partial charge on any atom is 0.357 e. The van der Waals surface area contributed by atoms with Gasteiger partial charge in [0.25, 0.3) is 0 Å². The molecule has 0 aromatic rings. The molecule has 2 aliphatic carbocycles. The number of nitrogens with zero attached hydrogens (tertiary/aromatic N) is 1. The second kappa shape index (κ2) is 6.94. The summed E-state index contributed by atoms with van der Waals surface area (Å²) in [5.41, 5.74) is 8.85. The van der Waals surface area contributed by atoms with Gasteiger partial charge in [-0.05, 0) is 57.4 Å². The third kappa shape index (κ3) is 2.58. The minimum atomic E-state index is -5.15. The SMILES string of the molecule is CN1[C@]2(F)CC[C@@]1(F)C(F)(F)C(F)(F)C2(C1CCC(O)C(N)C1)C1CCC(O)C(N)C1. The van der Waals surface area contributed by atoms with Crippen molar-refractivity contribution in [3.63, 3.8) is 0 Å². The molecule has 2 heterocycles. The summed E-state index contributed by atoms with van der Waals surface area (Å²) in [7, 11) is 0.806. The zero-order chi connectivity index (χ0) is 23.2. The number of piperidine rings is 1. The minimum Gasteiger partial charge on any atom is -0.392 e. The van der Waals surface area contributed by atoms with Gasteiger partial charge in [0, 0.05) is 24.9 Å². The summed E-state index contributed by atoms with van der Waals surface area (Å²) >= 11 is 0. The molecule has 0 aromatic carbocycles. The van der Waals surface area contributed by atoms with Crippen LogP contribution < -0.4 is 11.5 Å². The Hall–Kier alpha value is -0.620. The Morgan fingerprint density at radius 3 is 1.55 bits per heavy atom. The van der Waals surface area contributed by atoms with Crippen molar-refractivity contribution in [1.82, 2.24) is 4.90 Å². The molecule has 4 fully saturated rings. The van der Waals surface area contributed by atoms with Crippen LogP contribution >= 0.6 is 0 Å². The number of halogens is 6. The average Bonchev–Trinajstić information content (AvgIpc) is 2.91. The van der Waals surface area contributed by atoms with Gasteiger partial charge in [-0.25, -0.2) is 13.7 Å². The van der Waals surface area contributed by atoms with E-state index in [9.17, 15) is 10.2 Å². The molecule has 8 atom stereocenters. The molecule has 2 bridgehead atoms. The molecule has 2 saturated carbocycles. The second-order valence-electron chi connectivity index (χ2n) is 10.1. The number of rotatable bonds is 2. The van der Waals surface area contributed by atoms with Gasteiger partial charge in [0.2, 0.25) is 5.79 Å². The van der Waals surface area contributed by atoms with Crippen molar-refractivity contribution in [1.29, 1.82) is 0 Å². The number of fused-ring (bicyclic) bond motifs is 2. The van der Waals surface area contributed by atoms with Gasteiger partial charge in [-0.3, -0.25) is 0 Å². The van der Waals surface area contributed by atoms with Gasteiger partial charge in [-0.2, -0.15) is 17.6 Å². The first-order valence-corrected chi connectivity index (χ1v) is 10.9. The predicted octanol–water partition coefficient (Wildman–Crippen LogP) is 2.29. The molecule has 5 nitrogen and oxygen atoms in total. The van der Waals surface area contributed by atoms with E-state index >= 15 is 26.3 Å². The largest absolute Gasteiger partial charge is 0.392 e. The Morgan fingerprint density at radius 2 is 1.13 bits per heavy atom. The molecule has 11 heteroatoms. The molecule has 0 spiro atoms. The summed E-state index contributed by atoms with van der Waals surface area (Å²) in [5, 5.41) is 20.0. The van der Waals surface area contributed by atoms with Gasteiger partial charge < -0.3 is 21.7 Å². The van der Waals surface area contributed by atoms with Crippen LogP contribution in [0.3, 0.4) is 0 Å². The van der Waals surface area contributed by atoms with E-state index in [1.54, 1.807) is 0 Å². The standard InChI is InChI=1S/C20H31F6N3O2/c1-29-16(21)6-7-17(29,22)19(23,24)20(25,26)18(16,10-2-4-14(30)12(27)8-10)11-3-5-15(31)13(28)9-11/h10-15,30-31H,2-9,27-28H2,1H3/t10?,11?,12?,13?,14?,15?,16-,17+,18?/m1/s1. The first kappa shape index (κ1) is 23.5. The quantitative estimate of drug-likeness (QED) is 0.376. The van der Waals surface area contributed by atoms with Crippen LogP contribution in [-0.4, -0.2) is 69.9 Å². The van der Waals surface area contributed by atoms with Gasteiger partial charge >= 0.3 is 11.8 Å². The molecule has 0 amide bonds. The minimum absolute atomic E-state index is 0.0444. The Labute approximate surface area is 177 Å². The van der Waals surface area contributed by atoms with Crippen LogP contribution in [0, 0.1) is 17.3 Å². The smallest absolute Gasteiger partial charge is 0.357 e. The monoisotopic (exact) mass is 459 g/mol. The van der Waals surface area contributed by atoms with Gasteiger partial charge in [-0.15, -0.1) is 0 Å². The number of hydrogen-bond donors (Lipinski definition) is 4. The third-order valence-electron chi connectivity index (χ3n) is 8.89. The number of nitrogens with two attached hydrogens (primary N) is 2. The average molecular weight is 459 g/mol. The van der Waals surface area contributed by atoms with Crippen LogP contribution in [0.2, 0.25) is 0 Å². The van der Waals surface area contributed by atoms with Crippen molar-refractivity contribution >= 4 is 0 Å². The zero-order valence-electron chi connectivity index (χ0n) is 17.4. The summed E-state index contributed by atoms with van der Waals surface area (Å²) < 4.78 is 95.0. The lowest BCUT2D eigenvalue weighted by Crippen LogP contribution is -2.82. The fraction of sp³-hybridized carbons (Fsp3) is 1.00. The summed E-state index contributed by atoms with van der Waals surface area (Å²) in [6, 6.07) is -1.98. The van der Waals surface area contributed by atoms with E-state index in [0.29, 0.717) is 0 Å². The van der Waals surface area contributed by atoms with Crippen molar-refractivity contribution in [2.24, 2.45) is 28.7 Å². The van der Waals surface area contributed by atoms with Gasteiger partial charge in [0.05, 0.1) is 17.6 Å². The highest BCUT2D eigenvalue weighted by atomic mass is 19.3. The van der Waals surface area contributed by atoms with Crippen molar-refractivity contribution in [2.75, 3.05) is 7.05 Å². The highest BCUT2D eigenvalue weighted by Gasteiger charge is 2.93. The molecule has 4 rings (SSSR count). The topological polar surface area (TPSA) is 95.7 Å². The lowest BCUT2D eigenvalue weighted by Gasteiger charge is -2.65. The molecule has 31 heavy (non-hydrogen) atoms. The summed E-state index contributed by atoms with van der Waals surface area (Å²) in [6.45, 7) is 0. The van der Waals surface area contributed by atoms with Crippen LogP contribution in [0.1, 0.15) is 51.4 Å². The molecule has 0 radical (unpaired) electrons. The van der Waals surface area contributed by atoms with Crippen molar-refractivity contribution < 1.29 is 36.6 Å². The lowest BCUT2D eigenvalue weighted by atomic mass is 9.48. The van der Waals surface area contributed by atoms with Crippen molar-refractivity contribution in [3.8, 4) is 0 Å². The van der Waals surface area contributed by atoms with Gasteiger partial charge in [0.1, 0.15) is 0 Å². The molecule has 4 aliphatic rings. The molecule has 6 N–H and O–H groups in total. The fourth-order valence-electron chi connectivity index (χ4n) is 7.22.